The lowest BCUT2D eigenvalue weighted by Crippen LogP contribution is -2.37. The van der Waals surface area contributed by atoms with E-state index < -0.39 is 11.2 Å². The average Bonchev–Trinajstić information content (AvgIpc) is 2.85. The molecule has 6 aliphatic carbocycles. The maximum Gasteiger partial charge on any atom is 0.155 e. The fourth-order valence-electron chi connectivity index (χ4n) is 6.59. The first kappa shape index (κ1) is 31.4. The third kappa shape index (κ3) is 8.07. The lowest BCUT2D eigenvalue weighted by molar-refractivity contribution is -0.119. The van der Waals surface area contributed by atoms with E-state index in [2.05, 4.69) is 0 Å². The molecule has 0 radical (unpaired) electrons. The maximum atomic E-state index is 11.1. The van der Waals surface area contributed by atoms with Crippen molar-refractivity contribution in [2.45, 2.75) is 148 Å². The third-order valence-electron chi connectivity index (χ3n) is 8.83. The van der Waals surface area contributed by atoms with Crippen LogP contribution in [0.5, 0.6) is 0 Å². The first-order chi connectivity index (χ1) is 16.8. The van der Waals surface area contributed by atoms with E-state index in [4.69, 9.17) is 0 Å². The van der Waals surface area contributed by atoms with Crippen LogP contribution in [0.4, 0.5) is 0 Å². The fourth-order valence-corrected chi connectivity index (χ4v) is 6.59. The van der Waals surface area contributed by atoms with Crippen molar-refractivity contribution >= 4 is 17.3 Å². The summed E-state index contributed by atoms with van der Waals surface area (Å²) in [5.41, 5.74) is 3.89. The van der Waals surface area contributed by atoms with Crippen molar-refractivity contribution in [1.82, 2.24) is 0 Å². The molecule has 6 rings (SSSR count). The number of carbonyl (C=O) groups excluding carboxylic acids is 3. The summed E-state index contributed by atoms with van der Waals surface area (Å²) in [7, 11) is 0. The molecule has 37 heavy (non-hydrogen) atoms. The van der Waals surface area contributed by atoms with Crippen LogP contribution in [0.2, 0.25) is 0 Å². The second-order valence-corrected chi connectivity index (χ2v) is 11.4. The molecule has 0 aromatic heterocycles. The Morgan fingerprint density at radius 3 is 1.49 bits per heavy atom. The van der Waals surface area contributed by atoms with Gasteiger partial charge in [0, 0.05) is 25.7 Å². The van der Waals surface area contributed by atoms with Crippen molar-refractivity contribution in [3.63, 3.8) is 0 Å². The van der Waals surface area contributed by atoms with Crippen LogP contribution in [0.25, 0.3) is 0 Å². The normalized spacial score (nSPS) is 30.7. The molecule has 0 aromatic rings. The number of fused-ring (bicyclic) bond motifs is 2. The maximum absolute atomic E-state index is 11.1. The van der Waals surface area contributed by atoms with Crippen molar-refractivity contribution in [3.8, 4) is 0 Å². The molecule has 5 heteroatoms. The molecule has 6 aliphatic rings. The second kappa shape index (κ2) is 13.8. The Kier molecular flexibility index (Phi) is 11.7. The van der Waals surface area contributed by atoms with Gasteiger partial charge in [-0.2, -0.15) is 0 Å². The van der Waals surface area contributed by atoms with Crippen LogP contribution in [-0.2, 0) is 14.4 Å². The summed E-state index contributed by atoms with van der Waals surface area (Å²) in [5, 5.41) is 20.2. The van der Waals surface area contributed by atoms with Crippen LogP contribution in [0.3, 0.4) is 0 Å². The van der Waals surface area contributed by atoms with Gasteiger partial charge in [-0.3, -0.25) is 14.4 Å². The van der Waals surface area contributed by atoms with Gasteiger partial charge in [0.2, 0.25) is 0 Å². The molecule has 2 fully saturated rings. The van der Waals surface area contributed by atoms with Crippen LogP contribution < -0.4 is 0 Å². The minimum absolute atomic E-state index is 0. The monoisotopic (exact) mass is 514 g/mol. The number of ketones is 3. The minimum Gasteiger partial charge on any atom is -0.385 e. The van der Waals surface area contributed by atoms with Gasteiger partial charge >= 0.3 is 0 Å². The Morgan fingerprint density at radius 2 is 0.973 bits per heavy atom. The Labute approximate surface area is 224 Å². The summed E-state index contributed by atoms with van der Waals surface area (Å²) < 4.78 is 0. The molecule has 1 unspecified atom stereocenters. The van der Waals surface area contributed by atoms with Crippen LogP contribution in [0, 0.1) is 0 Å². The van der Waals surface area contributed by atoms with Gasteiger partial charge in [0.15, 0.2) is 11.6 Å². The average molecular weight is 515 g/mol. The first-order valence-corrected chi connectivity index (χ1v) is 13.9. The molecular weight excluding hydrogens is 464 g/mol. The number of hydrogen-bond donors (Lipinski definition) is 2. The van der Waals surface area contributed by atoms with Crippen LogP contribution in [0.1, 0.15) is 137 Å². The predicted octanol–water partition coefficient (Wildman–Crippen LogP) is 7.04. The molecule has 2 N–H and O–H groups in total. The van der Waals surface area contributed by atoms with Crippen LogP contribution >= 0.6 is 0 Å². The van der Waals surface area contributed by atoms with E-state index in [0.29, 0.717) is 31.5 Å². The highest BCUT2D eigenvalue weighted by Crippen LogP contribution is 2.40. The molecule has 0 spiro atoms. The lowest BCUT2D eigenvalue weighted by Gasteiger charge is -2.37. The topological polar surface area (TPSA) is 91.7 Å². The van der Waals surface area contributed by atoms with Gasteiger partial charge in [-0.05, 0) is 120 Å². The molecule has 0 heterocycles. The highest BCUT2D eigenvalue weighted by molar-refractivity contribution is 5.92. The summed E-state index contributed by atoms with van der Waals surface area (Å²) in [6.07, 6.45) is 21.5. The van der Waals surface area contributed by atoms with E-state index in [1.165, 1.54) is 31.3 Å². The molecular formula is C32H50O5. The highest BCUT2D eigenvalue weighted by atomic mass is 16.3. The van der Waals surface area contributed by atoms with E-state index in [0.717, 1.165) is 81.8 Å². The number of carbonyl (C=O) groups is 3. The Balaban J connectivity index is 0.000000190. The first-order valence-electron chi connectivity index (χ1n) is 13.9. The van der Waals surface area contributed by atoms with Gasteiger partial charge < -0.3 is 10.2 Å². The number of aliphatic hydroxyl groups is 2. The zero-order valence-electron chi connectivity index (χ0n) is 21.2. The zero-order valence-corrected chi connectivity index (χ0v) is 21.2. The van der Waals surface area contributed by atoms with E-state index in [-0.39, 0.29) is 26.4 Å². The van der Waals surface area contributed by atoms with Crippen molar-refractivity contribution < 1.29 is 24.6 Å². The third-order valence-corrected chi connectivity index (χ3v) is 8.83. The van der Waals surface area contributed by atoms with Gasteiger partial charge in [-0.1, -0.05) is 26.0 Å². The lowest BCUT2D eigenvalue weighted by atomic mass is 9.74. The quantitative estimate of drug-likeness (QED) is 0.338. The SMILES string of the molecule is C.C.O=C1C=C2CCCCC2(O)CC1.O=C1C=C2CCCC[C@@]2(O)CC1.O=C1CCC2=C(CCCC2)C1. The summed E-state index contributed by atoms with van der Waals surface area (Å²) in [4.78, 5) is 33.2. The van der Waals surface area contributed by atoms with Crippen molar-refractivity contribution in [3.05, 3.63) is 34.4 Å². The Morgan fingerprint density at radius 1 is 0.514 bits per heavy atom. The minimum atomic E-state index is -0.605. The summed E-state index contributed by atoms with van der Waals surface area (Å²) in [5.74, 6) is 0.846. The molecule has 2 saturated carbocycles. The molecule has 5 nitrogen and oxygen atoms in total. The molecule has 2 atom stereocenters. The van der Waals surface area contributed by atoms with Crippen LogP contribution in [-0.4, -0.2) is 38.8 Å². The van der Waals surface area contributed by atoms with Gasteiger partial charge in [-0.15, -0.1) is 0 Å². The molecule has 0 aromatic carbocycles. The van der Waals surface area contributed by atoms with E-state index in [1.54, 1.807) is 17.7 Å². The Bertz CT molecular complexity index is 887. The smallest absolute Gasteiger partial charge is 0.155 e. The van der Waals surface area contributed by atoms with Gasteiger partial charge in [0.25, 0.3) is 0 Å². The van der Waals surface area contributed by atoms with Gasteiger partial charge in [-0.25, -0.2) is 0 Å². The predicted molar refractivity (Wildman–Crippen MR) is 149 cm³/mol. The Hall–Kier alpha value is -1.85. The van der Waals surface area contributed by atoms with Gasteiger partial charge in [0.1, 0.15) is 5.78 Å². The number of allylic oxidation sites excluding steroid dienone is 4. The molecule has 0 aliphatic heterocycles. The largest absolute Gasteiger partial charge is 0.385 e. The molecule has 0 amide bonds. The van der Waals surface area contributed by atoms with Gasteiger partial charge in [0.05, 0.1) is 11.2 Å². The van der Waals surface area contributed by atoms with E-state index in [9.17, 15) is 24.6 Å². The molecule has 208 valence electrons. The van der Waals surface area contributed by atoms with Crippen molar-refractivity contribution in [1.29, 1.82) is 0 Å². The summed E-state index contributed by atoms with van der Waals surface area (Å²) in [6.45, 7) is 0. The molecule has 0 saturated heterocycles. The highest BCUT2D eigenvalue weighted by Gasteiger charge is 2.37. The summed E-state index contributed by atoms with van der Waals surface area (Å²) >= 11 is 0. The number of hydrogen-bond acceptors (Lipinski definition) is 5. The van der Waals surface area contributed by atoms with E-state index in [1.807, 2.05) is 0 Å². The number of Topliss-reactive ketones (excluding diaryl/α,β-unsaturated/α-hetero) is 1. The molecule has 0 bridgehead atoms. The van der Waals surface area contributed by atoms with Crippen LogP contribution in [0.15, 0.2) is 34.4 Å². The second-order valence-electron chi connectivity index (χ2n) is 11.4. The van der Waals surface area contributed by atoms with E-state index >= 15 is 0 Å². The summed E-state index contributed by atoms with van der Waals surface area (Å²) in [6, 6.07) is 0. The zero-order chi connectivity index (χ0) is 24.9. The van der Waals surface area contributed by atoms with Crippen molar-refractivity contribution in [2.24, 2.45) is 0 Å². The number of rotatable bonds is 0. The van der Waals surface area contributed by atoms with Crippen molar-refractivity contribution in [2.75, 3.05) is 0 Å². The fraction of sp³-hybridized carbons (Fsp3) is 0.719. The standard InChI is InChI=1S/2C10H14O2.C10H14O.2CH4/c2*11-9-4-6-10(12)5-2-1-3-8(10)7-9;11-10-6-5-8-3-1-2-4-9(8)7-10;;/h2*7,12H,1-6H2;1-7H2;2*1H4/t10-;;;;/m1..../s1.